The van der Waals surface area contributed by atoms with Gasteiger partial charge in [-0.1, -0.05) is 72.8 Å². The Morgan fingerprint density at radius 2 is 1.46 bits per heavy atom. The van der Waals surface area contributed by atoms with Crippen molar-refractivity contribution in [2.24, 2.45) is 0 Å². The molecule has 1 saturated heterocycles. The van der Waals surface area contributed by atoms with E-state index in [1.807, 2.05) is 36.4 Å². The van der Waals surface area contributed by atoms with Crippen LogP contribution in [-0.2, 0) is 33.5 Å². The molecule has 4 nitrogen and oxygen atoms in total. The number of rotatable bonds is 9. The zero-order valence-electron chi connectivity index (χ0n) is 20.9. The normalized spacial score (nSPS) is 20.1. The van der Waals surface area contributed by atoms with Gasteiger partial charge in [0.1, 0.15) is 0 Å². The molecule has 1 heterocycles. The third kappa shape index (κ3) is 7.43. The van der Waals surface area contributed by atoms with Gasteiger partial charge in [0.05, 0.1) is 30.8 Å². The van der Waals surface area contributed by atoms with Crippen LogP contribution in [0.5, 0.6) is 0 Å². The molecular formula is C30H32F3NO3. The van der Waals surface area contributed by atoms with Gasteiger partial charge in [-0.3, -0.25) is 9.69 Å². The Morgan fingerprint density at radius 1 is 0.892 bits per heavy atom. The van der Waals surface area contributed by atoms with Crippen molar-refractivity contribution in [3.63, 3.8) is 0 Å². The topological polar surface area (TPSA) is 38.8 Å². The molecule has 0 spiro atoms. The number of hydrogen-bond donors (Lipinski definition) is 0. The van der Waals surface area contributed by atoms with E-state index in [4.69, 9.17) is 9.47 Å². The van der Waals surface area contributed by atoms with Crippen molar-refractivity contribution in [3.8, 4) is 0 Å². The standard InChI is InChI=1S/C30H32F3NO3/c1-2-36-28(35)19-26-17-18-27(29(37-26)24-13-15-25(16-14-24)30(31,32)33)34(20-22-9-5-3-6-10-22)21-23-11-7-4-8-12-23/h3-16,26-27,29H,2,17-21H2,1H3. The van der Waals surface area contributed by atoms with E-state index < -0.39 is 17.8 Å². The third-order valence-electron chi connectivity index (χ3n) is 6.67. The van der Waals surface area contributed by atoms with E-state index in [1.165, 1.54) is 12.1 Å². The summed E-state index contributed by atoms with van der Waals surface area (Å²) in [6, 6.07) is 25.3. The molecule has 0 saturated carbocycles. The molecule has 0 N–H and O–H groups in total. The molecule has 3 unspecified atom stereocenters. The van der Waals surface area contributed by atoms with Crippen molar-refractivity contribution in [1.82, 2.24) is 4.90 Å². The summed E-state index contributed by atoms with van der Waals surface area (Å²) in [7, 11) is 0. The highest BCUT2D eigenvalue weighted by Crippen LogP contribution is 2.38. The van der Waals surface area contributed by atoms with Crippen molar-refractivity contribution in [3.05, 3.63) is 107 Å². The largest absolute Gasteiger partial charge is 0.466 e. The van der Waals surface area contributed by atoms with Gasteiger partial charge >= 0.3 is 12.1 Å². The quantitative estimate of drug-likeness (QED) is 0.292. The highest BCUT2D eigenvalue weighted by atomic mass is 19.4. The van der Waals surface area contributed by atoms with Crippen LogP contribution in [0.1, 0.15) is 54.5 Å². The number of ether oxygens (including phenoxy) is 2. The second-order valence-electron chi connectivity index (χ2n) is 9.33. The summed E-state index contributed by atoms with van der Waals surface area (Å²) in [5.74, 6) is -0.331. The number of carbonyl (C=O) groups excluding carboxylic acids is 1. The van der Waals surface area contributed by atoms with Gasteiger partial charge in [0.2, 0.25) is 0 Å². The highest BCUT2D eigenvalue weighted by molar-refractivity contribution is 5.69. The molecule has 0 aromatic heterocycles. The first-order valence-corrected chi connectivity index (χ1v) is 12.6. The van der Waals surface area contributed by atoms with Crippen molar-refractivity contribution >= 4 is 5.97 Å². The SMILES string of the molecule is CCOC(=O)CC1CCC(N(Cc2ccccc2)Cc2ccccc2)C(c2ccc(C(F)(F)F)cc2)O1. The monoisotopic (exact) mass is 511 g/mol. The van der Waals surface area contributed by atoms with Gasteiger partial charge in [0.15, 0.2) is 0 Å². The maximum absolute atomic E-state index is 13.2. The molecule has 4 rings (SSSR count). The molecule has 3 atom stereocenters. The van der Waals surface area contributed by atoms with Gasteiger partial charge < -0.3 is 9.47 Å². The summed E-state index contributed by atoms with van der Waals surface area (Å²) < 4.78 is 51.3. The lowest BCUT2D eigenvalue weighted by molar-refractivity contribution is -0.153. The molecule has 3 aromatic carbocycles. The van der Waals surface area contributed by atoms with E-state index in [2.05, 4.69) is 29.2 Å². The van der Waals surface area contributed by atoms with Gasteiger partial charge in [-0.05, 0) is 48.6 Å². The molecule has 1 aliphatic heterocycles. The van der Waals surface area contributed by atoms with E-state index >= 15 is 0 Å². The fraction of sp³-hybridized carbons (Fsp3) is 0.367. The molecule has 0 radical (unpaired) electrons. The molecule has 1 aliphatic rings. The first-order valence-electron chi connectivity index (χ1n) is 12.6. The third-order valence-corrected chi connectivity index (χ3v) is 6.67. The van der Waals surface area contributed by atoms with Crippen molar-refractivity contribution in [2.45, 2.75) is 63.7 Å². The minimum atomic E-state index is -4.41. The highest BCUT2D eigenvalue weighted by Gasteiger charge is 2.38. The maximum atomic E-state index is 13.2. The minimum absolute atomic E-state index is 0.101. The van der Waals surface area contributed by atoms with Crippen LogP contribution in [-0.4, -0.2) is 29.6 Å². The molecular weight excluding hydrogens is 479 g/mol. The van der Waals surface area contributed by atoms with Crippen LogP contribution >= 0.6 is 0 Å². The summed E-state index contributed by atoms with van der Waals surface area (Å²) >= 11 is 0. The minimum Gasteiger partial charge on any atom is -0.466 e. The second kappa shape index (κ2) is 12.4. The van der Waals surface area contributed by atoms with Crippen LogP contribution in [0, 0.1) is 0 Å². The van der Waals surface area contributed by atoms with Crippen molar-refractivity contribution in [2.75, 3.05) is 6.61 Å². The van der Waals surface area contributed by atoms with Gasteiger partial charge in [-0.2, -0.15) is 13.2 Å². The average molecular weight is 512 g/mol. The smallest absolute Gasteiger partial charge is 0.416 e. The Balaban J connectivity index is 1.65. The lowest BCUT2D eigenvalue weighted by atomic mass is 9.90. The first-order chi connectivity index (χ1) is 17.8. The summed E-state index contributed by atoms with van der Waals surface area (Å²) in [5, 5.41) is 0. The lowest BCUT2D eigenvalue weighted by Gasteiger charge is -2.43. The zero-order chi connectivity index (χ0) is 26.3. The van der Waals surface area contributed by atoms with Crippen LogP contribution in [0.3, 0.4) is 0 Å². The number of nitrogens with zero attached hydrogens (tertiary/aromatic N) is 1. The Labute approximate surface area is 216 Å². The summed E-state index contributed by atoms with van der Waals surface area (Å²) in [4.78, 5) is 14.5. The van der Waals surface area contributed by atoms with E-state index in [0.29, 0.717) is 31.7 Å². The van der Waals surface area contributed by atoms with Gasteiger partial charge in [-0.15, -0.1) is 0 Å². The predicted octanol–water partition coefficient (Wildman–Crippen LogP) is 6.95. The second-order valence-corrected chi connectivity index (χ2v) is 9.33. The molecule has 196 valence electrons. The summed E-state index contributed by atoms with van der Waals surface area (Å²) in [6.45, 7) is 3.36. The fourth-order valence-electron chi connectivity index (χ4n) is 4.89. The lowest BCUT2D eigenvalue weighted by Crippen LogP contribution is -2.45. The van der Waals surface area contributed by atoms with Crippen LogP contribution in [0.15, 0.2) is 84.9 Å². The van der Waals surface area contributed by atoms with Crippen molar-refractivity contribution in [1.29, 1.82) is 0 Å². The first kappa shape index (κ1) is 26.9. The Hall–Kier alpha value is -3.16. The molecule has 0 aliphatic carbocycles. The summed E-state index contributed by atoms with van der Waals surface area (Å²) in [5.41, 5.74) is 2.24. The van der Waals surface area contributed by atoms with E-state index in [-0.39, 0.29) is 24.5 Å². The Bertz CT molecular complexity index is 1080. The Morgan fingerprint density at radius 3 is 1.97 bits per heavy atom. The number of halogens is 3. The average Bonchev–Trinajstić information content (AvgIpc) is 2.89. The molecule has 37 heavy (non-hydrogen) atoms. The predicted molar refractivity (Wildman–Crippen MR) is 135 cm³/mol. The van der Waals surface area contributed by atoms with E-state index in [1.54, 1.807) is 6.92 Å². The fourth-order valence-corrected chi connectivity index (χ4v) is 4.89. The Kier molecular flexibility index (Phi) is 9.00. The maximum Gasteiger partial charge on any atom is 0.416 e. The van der Waals surface area contributed by atoms with Crippen LogP contribution in [0.25, 0.3) is 0 Å². The van der Waals surface area contributed by atoms with E-state index in [9.17, 15) is 18.0 Å². The summed E-state index contributed by atoms with van der Waals surface area (Å²) in [6.07, 6.45) is -3.77. The number of alkyl halides is 3. The number of carbonyl (C=O) groups is 1. The zero-order valence-corrected chi connectivity index (χ0v) is 20.9. The molecule has 0 bridgehead atoms. The van der Waals surface area contributed by atoms with Crippen LogP contribution in [0.2, 0.25) is 0 Å². The van der Waals surface area contributed by atoms with Crippen LogP contribution in [0.4, 0.5) is 13.2 Å². The number of esters is 1. The molecule has 1 fully saturated rings. The number of benzene rings is 3. The van der Waals surface area contributed by atoms with E-state index in [0.717, 1.165) is 29.7 Å². The van der Waals surface area contributed by atoms with Gasteiger partial charge in [0.25, 0.3) is 0 Å². The van der Waals surface area contributed by atoms with Crippen LogP contribution < -0.4 is 0 Å². The van der Waals surface area contributed by atoms with Gasteiger partial charge in [0, 0.05) is 19.1 Å². The number of hydrogen-bond acceptors (Lipinski definition) is 4. The van der Waals surface area contributed by atoms with Gasteiger partial charge in [-0.25, -0.2) is 0 Å². The van der Waals surface area contributed by atoms with Crippen molar-refractivity contribution < 1.29 is 27.4 Å². The molecule has 3 aromatic rings. The molecule has 7 heteroatoms. The molecule has 0 amide bonds.